The number of nitrogens with zero attached hydrogens (tertiary/aromatic N) is 2. The zero-order valence-electron chi connectivity index (χ0n) is 24.5. The fraction of sp³-hybridized carbons (Fsp3) is 0.303. The Kier molecular flexibility index (Phi) is 9.96. The summed E-state index contributed by atoms with van der Waals surface area (Å²) >= 11 is 0. The number of amides is 2. The lowest BCUT2D eigenvalue weighted by atomic mass is 9.93. The van der Waals surface area contributed by atoms with Crippen LogP contribution in [0.25, 0.3) is 0 Å². The standard InChI is InChI=1S/C33H38N4O4S/c1-23(2)17-31(28-19-24(3)18-25(4)20-28)35-33(39)30-21-26(22-37-16-8-15-34-37)11-12-27(30)13-14-32(38)36-42(40,41)29-9-6-5-7-10-29/h5-12,15-16,18-21,23,31H,13-14,17,22H2,1-4H3,(H,35,39)(H,36,38). The molecule has 4 aromatic rings. The minimum atomic E-state index is -3.98. The van der Waals surface area contributed by atoms with Gasteiger partial charge >= 0.3 is 0 Å². The van der Waals surface area contributed by atoms with E-state index in [-0.39, 0.29) is 29.7 Å². The highest BCUT2D eigenvalue weighted by molar-refractivity contribution is 7.90. The van der Waals surface area contributed by atoms with E-state index >= 15 is 0 Å². The average molecular weight is 587 g/mol. The molecule has 1 unspecified atom stereocenters. The minimum Gasteiger partial charge on any atom is -0.345 e. The highest BCUT2D eigenvalue weighted by Gasteiger charge is 2.22. The predicted molar refractivity (Wildman–Crippen MR) is 163 cm³/mol. The van der Waals surface area contributed by atoms with E-state index in [4.69, 9.17) is 0 Å². The van der Waals surface area contributed by atoms with Gasteiger partial charge < -0.3 is 5.32 Å². The lowest BCUT2D eigenvalue weighted by Crippen LogP contribution is -2.32. The number of nitrogens with one attached hydrogen (secondary N) is 2. The van der Waals surface area contributed by atoms with Crippen molar-refractivity contribution in [3.05, 3.63) is 119 Å². The molecule has 2 amide bonds. The molecule has 1 atom stereocenters. The molecule has 42 heavy (non-hydrogen) atoms. The number of hydrogen-bond acceptors (Lipinski definition) is 5. The second-order valence-corrected chi connectivity index (χ2v) is 12.8. The van der Waals surface area contributed by atoms with Gasteiger partial charge in [0.15, 0.2) is 0 Å². The second kappa shape index (κ2) is 13.6. The van der Waals surface area contributed by atoms with Crippen LogP contribution in [0.2, 0.25) is 0 Å². The maximum Gasteiger partial charge on any atom is 0.264 e. The molecule has 2 N–H and O–H groups in total. The van der Waals surface area contributed by atoms with E-state index < -0.39 is 15.9 Å². The van der Waals surface area contributed by atoms with Gasteiger partial charge in [0.05, 0.1) is 17.5 Å². The Balaban J connectivity index is 1.58. The minimum absolute atomic E-state index is 0.0176. The molecule has 0 radical (unpaired) electrons. The molecule has 1 heterocycles. The largest absolute Gasteiger partial charge is 0.345 e. The van der Waals surface area contributed by atoms with E-state index in [9.17, 15) is 18.0 Å². The van der Waals surface area contributed by atoms with Crippen LogP contribution in [0.4, 0.5) is 0 Å². The maximum atomic E-state index is 13.9. The van der Waals surface area contributed by atoms with Crippen molar-refractivity contribution in [1.82, 2.24) is 19.8 Å². The molecular weight excluding hydrogens is 548 g/mol. The van der Waals surface area contributed by atoms with E-state index in [1.165, 1.54) is 12.1 Å². The normalized spacial score (nSPS) is 12.2. The van der Waals surface area contributed by atoms with Gasteiger partial charge in [-0.3, -0.25) is 14.3 Å². The number of rotatable bonds is 12. The summed E-state index contributed by atoms with van der Waals surface area (Å²) in [6.45, 7) is 8.82. The Labute approximate surface area is 248 Å². The first-order valence-electron chi connectivity index (χ1n) is 14.1. The van der Waals surface area contributed by atoms with Crippen LogP contribution in [0.3, 0.4) is 0 Å². The van der Waals surface area contributed by atoms with Crippen LogP contribution in [0.1, 0.15) is 70.9 Å². The van der Waals surface area contributed by atoms with Gasteiger partial charge in [0.1, 0.15) is 0 Å². The van der Waals surface area contributed by atoms with Gasteiger partial charge in [-0.1, -0.05) is 73.5 Å². The average Bonchev–Trinajstić information content (AvgIpc) is 3.44. The zero-order valence-corrected chi connectivity index (χ0v) is 25.3. The van der Waals surface area contributed by atoms with Gasteiger partial charge in [-0.2, -0.15) is 5.10 Å². The third-order valence-electron chi connectivity index (χ3n) is 6.90. The fourth-order valence-corrected chi connectivity index (χ4v) is 6.07. The number of aryl methyl sites for hydroxylation is 3. The number of hydrogen-bond donors (Lipinski definition) is 2. The molecular formula is C33H38N4O4S. The van der Waals surface area contributed by atoms with Crippen molar-refractivity contribution in [3.8, 4) is 0 Å². The van der Waals surface area contributed by atoms with Crippen molar-refractivity contribution in [3.63, 3.8) is 0 Å². The first kappa shape index (κ1) is 30.7. The Morgan fingerprint density at radius 3 is 2.29 bits per heavy atom. The Bertz CT molecular complexity index is 1610. The van der Waals surface area contributed by atoms with Gasteiger partial charge in [0, 0.05) is 24.4 Å². The summed E-state index contributed by atoms with van der Waals surface area (Å²) in [5.41, 5.74) is 5.31. The predicted octanol–water partition coefficient (Wildman–Crippen LogP) is 5.50. The molecule has 9 heteroatoms. The molecule has 220 valence electrons. The van der Waals surface area contributed by atoms with Gasteiger partial charge in [0.2, 0.25) is 5.91 Å². The van der Waals surface area contributed by atoms with E-state index in [0.29, 0.717) is 23.6 Å². The fourth-order valence-electron chi connectivity index (χ4n) is 5.04. The molecule has 3 aromatic carbocycles. The summed E-state index contributed by atoms with van der Waals surface area (Å²) in [5.74, 6) is -0.537. The van der Waals surface area contributed by atoms with Crippen LogP contribution in [-0.4, -0.2) is 30.0 Å². The summed E-state index contributed by atoms with van der Waals surface area (Å²) in [6.07, 6.45) is 4.40. The van der Waals surface area contributed by atoms with Crippen LogP contribution in [0, 0.1) is 19.8 Å². The van der Waals surface area contributed by atoms with Crippen molar-refractivity contribution >= 4 is 21.8 Å². The number of sulfonamides is 1. The van der Waals surface area contributed by atoms with Gasteiger partial charge in [-0.05, 0) is 73.6 Å². The molecule has 0 bridgehead atoms. The van der Waals surface area contributed by atoms with Crippen LogP contribution in [0.15, 0.2) is 90.1 Å². The molecule has 0 fully saturated rings. The molecule has 8 nitrogen and oxygen atoms in total. The van der Waals surface area contributed by atoms with Crippen molar-refractivity contribution < 1.29 is 18.0 Å². The molecule has 0 saturated heterocycles. The summed E-state index contributed by atoms with van der Waals surface area (Å²) in [5, 5.41) is 7.52. The SMILES string of the molecule is Cc1cc(C)cc(C(CC(C)C)NC(=O)c2cc(Cn3cccn3)ccc2CCC(=O)NS(=O)(=O)c2ccccc2)c1. The Morgan fingerprint density at radius 1 is 0.929 bits per heavy atom. The molecule has 0 aliphatic carbocycles. The van der Waals surface area contributed by atoms with Gasteiger partial charge in [-0.15, -0.1) is 0 Å². The molecule has 0 spiro atoms. The summed E-state index contributed by atoms with van der Waals surface area (Å²) in [7, 11) is -3.98. The summed E-state index contributed by atoms with van der Waals surface area (Å²) in [4.78, 5) is 26.6. The molecule has 1 aromatic heterocycles. The first-order valence-corrected chi connectivity index (χ1v) is 15.6. The summed E-state index contributed by atoms with van der Waals surface area (Å²) in [6, 6.07) is 21.3. The number of carbonyl (C=O) groups excluding carboxylic acids is 2. The highest BCUT2D eigenvalue weighted by Crippen LogP contribution is 2.25. The highest BCUT2D eigenvalue weighted by atomic mass is 32.2. The Hall–Kier alpha value is -4.24. The van der Waals surface area contributed by atoms with E-state index in [2.05, 4.69) is 47.2 Å². The van der Waals surface area contributed by atoms with Crippen molar-refractivity contribution in [2.24, 2.45) is 5.92 Å². The lowest BCUT2D eigenvalue weighted by molar-refractivity contribution is -0.119. The molecule has 4 rings (SSSR count). The lowest BCUT2D eigenvalue weighted by Gasteiger charge is -2.23. The molecule has 0 aliphatic heterocycles. The van der Waals surface area contributed by atoms with E-state index in [1.807, 2.05) is 44.3 Å². The monoisotopic (exact) mass is 586 g/mol. The van der Waals surface area contributed by atoms with Crippen LogP contribution in [-0.2, 0) is 27.8 Å². The number of benzene rings is 3. The van der Waals surface area contributed by atoms with Gasteiger partial charge in [-0.25, -0.2) is 13.1 Å². The summed E-state index contributed by atoms with van der Waals surface area (Å²) < 4.78 is 29.1. The third kappa shape index (κ3) is 8.39. The molecule has 0 aliphatic rings. The van der Waals surface area contributed by atoms with Crippen LogP contribution in [0.5, 0.6) is 0 Å². The Morgan fingerprint density at radius 2 is 1.64 bits per heavy atom. The first-order chi connectivity index (χ1) is 20.0. The number of aromatic nitrogens is 2. The maximum absolute atomic E-state index is 13.9. The smallest absolute Gasteiger partial charge is 0.264 e. The second-order valence-electron chi connectivity index (χ2n) is 11.1. The van der Waals surface area contributed by atoms with Crippen molar-refractivity contribution in [2.75, 3.05) is 0 Å². The van der Waals surface area contributed by atoms with Crippen LogP contribution < -0.4 is 10.0 Å². The van der Waals surface area contributed by atoms with E-state index in [0.717, 1.165) is 28.7 Å². The zero-order chi connectivity index (χ0) is 30.3. The molecule has 0 saturated carbocycles. The van der Waals surface area contributed by atoms with Crippen molar-refractivity contribution in [1.29, 1.82) is 0 Å². The number of carbonyl (C=O) groups is 2. The van der Waals surface area contributed by atoms with E-state index in [1.54, 1.807) is 29.1 Å². The quantitative estimate of drug-likeness (QED) is 0.228. The topological polar surface area (TPSA) is 110 Å². The van der Waals surface area contributed by atoms with Crippen molar-refractivity contribution in [2.45, 2.75) is 64.4 Å². The van der Waals surface area contributed by atoms with Crippen LogP contribution >= 0.6 is 0 Å². The third-order valence-corrected chi connectivity index (χ3v) is 8.29. The van der Waals surface area contributed by atoms with Gasteiger partial charge in [0.25, 0.3) is 15.9 Å².